The lowest BCUT2D eigenvalue weighted by Crippen LogP contribution is -2.07. The van der Waals surface area contributed by atoms with Gasteiger partial charge in [-0.2, -0.15) is 9.97 Å². The molecule has 0 unspecified atom stereocenters. The molecule has 0 saturated heterocycles. The predicted octanol–water partition coefficient (Wildman–Crippen LogP) is 12.2. The van der Waals surface area contributed by atoms with Crippen LogP contribution in [0.5, 0.6) is 0 Å². The Hall–Kier alpha value is -7.37. The Bertz CT molecular complexity index is 3160. The van der Waals surface area contributed by atoms with Crippen LogP contribution in [0.25, 0.3) is 99.9 Å². The molecule has 8 aromatic carbocycles. The summed E-state index contributed by atoms with van der Waals surface area (Å²) in [6.07, 6.45) is 0. The molecule has 0 bridgehead atoms. The van der Waals surface area contributed by atoms with Gasteiger partial charge in [-0.15, -0.1) is 0 Å². The van der Waals surface area contributed by atoms with Crippen LogP contribution in [0, 0.1) is 0 Å². The summed E-state index contributed by atoms with van der Waals surface area (Å²) >= 11 is 0. The highest BCUT2D eigenvalue weighted by Gasteiger charge is 2.23. The lowest BCUT2D eigenvalue weighted by Gasteiger charge is -2.14. The van der Waals surface area contributed by atoms with Crippen molar-refractivity contribution in [2.75, 3.05) is 0 Å². The first-order valence-electron chi connectivity index (χ1n) is 18.2. The van der Waals surface area contributed by atoms with E-state index in [0.717, 1.165) is 55.2 Å². The fourth-order valence-corrected chi connectivity index (χ4v) is 8.07. The topological polar surface area (TPSA) is 48.5 Å². The van der Waals surface area contributed by atoms with Gasteiger partial charge in [-0.25, -0.2) is 4.98 Å². The molecule has 11 aromatic rings. The zero-order valence-corrected chi connectivity index (χ0v) is 29.1. The van der Waals surface area contributed by atoms with E-state index in [0.29, 0.717) is 17.6 Å². The summed E-state index contributed by atoms with van der Waals surface area (Å²) in [5.74, 6) is 1.82. The van der Waals surface area contributed by atoms with Gasteiger partial charge < -0.3 is 4.57 Å². The Morgan fingerprint density at radius 1 is 0.315 bits per heavy atom. The first kappa shape index (κ1) is 30.3. The first-order chi connectivity index (χ1) is 26.8. The molecular formula is C49H31N5. The minimum Gasteiger partial charge on any atom is -0.307 e. The number of aromatic nitrogens is 5. The van der Waals surface area contributed by atoms with Gasteiger partial charge in [-0.3, -0.25) is 4.57 Å². The average Bonchev–Trinajstić information content (AvgIpc) is 3.77. The van der Waals surface area contributed by atoms with Crippen molar-refractivity contribution in [3.05, 3.63) is 188 Å². The van der Waals surface area contributed by atoms with Crippen molar-refractivity contribution in [3.63, 3.8) is 0 Å². The molecule has 0 radical (unpaired) electrons. The van der Waals surface area contributed by atoms with Gasteiger partial charge in [0.05, 0.1) is 22.1 Å². The van der Waals surface area contributed by atoms with Crippen molar-refractivity contribution in [3.8, 4) is 45.5 Å². The molecule has 11 rings (SSSR count). The van der Waals surface area contributed by atoms with E-state index < -0.39 is 0 Å². The minimum absolute atomic E-state index is 0.572. The third-order valence-electron chi connectivity index (χ3n) is 10.5. The van der Waals surface area contributed by atoms with E-state index in [1.54, 1.807) is 0 Å². The molecule has 5 nitrogen and oxygen atoms in total. The summed E-state index contributed by atoms with van der Waals surface area (Å²) < 4.78 is 4.67. The maximum Gasteiger partial charge on any atom is 0.238 e. The molecule has 3 aromatic heterocycles. The van der Waals surface area contributed by atoms with Gasteiger partial charge in [0.15, 0.2) is 11.6 Å². The molecule has 0 saturated carbocycles. The molecule has 0 fully saturated rings. The monoisotopic (exact) mass is 689 g/mol. The van der Waals surface area contributed by atoms with Crippen molar-refractivity contribution in [1.82, 2.24) is 24.1 Å². The van der Waals surface area contributed by atoms with Crippen LogP contribution in [0.3, 0.4) is 0 Å². The van der Waals surface area contributed by atoms with Crippen LogP contribution in [0.1, 0.15) is 0 Å². The summed E-state index contributed by atoms with van der Waals surface area (Å²) in [5.41, 5.74) is 9.62. The third kappa shape index (κ3) is 4.76. The summed E-state index contributed by atoms with van der Waals surface area (Å²) in [4.78, 5) is 15.5. The molecule has 54 heavy (non-hydrogen) atoms. The molecule has 0 aliphatic rings. The fraction of sp³-hybridized carbons (Fsp3) is 0. The summed E-state index contributed by atoms with van der Waals surface area (Å²) in [6, 6.07) is 66.3. The van der Waals surface area contributed by atoms with E-state index in [-0.39, 0.29) is 0 Å². The summed E-state index contributed by atoms with van der Waals surface area (Å²) in [6.45, 7) is 0. The maximum absolute atomic E-state index is 5.25. The smallest absolute Gasteiger partial charge is 0.238 e. The van der Waals surface area contributed by atoms with Crippen LogP contribution < -0.4 is 0 Å². The number of para-hydroxylation sites is 2. The van der Waals surface area contributed by atoms with E-state index in [4.69, 9.17) is 15.0 Å². The molecule has 0 N–H and O–H groups in total. The largest absolute Gasteiger partial charge is 0.307 e. The van der Waals surface area contributed by atoms with E-state index >= 15 is 0 Å². The van der Waals surface area contributed by atoms with Crippen molar-refractivity contribution in [1.29, 1.82) is 0 Å². The van der Waals surface area contributed by atoms with Crippen LogP contribution in [-0.2, 0) is 0 Å². The third-order valence-corrected chi connectivity index (χ3v) is 10.5. The van der Waals surface area contributed by atoms with Crippen molar-refractivity contribution in [2.45, 2.75) is 0 Å². The highest BCUT2D eigenvalue weighted by Crippen LogP contribution is 2.42. The normalized spacial score (nSPS) is 11.7. The molecule has 252 valence electrons. The second-order valence-electron chi connectivity index (χ2n) is 13.7. The minimum atomic E-state index is 0.572. The van der Waals surface area contributed by atoms with E-state index in [2.05, 4.69) is 161 Å². The second kappa shape index (κ2) is 12.1. The van der Waals surface area contributed by atoms with Gasteiger partial charge >= 0.3 is 0 Å². The van der Waals surface area contributed by atoms with Gasteiger partial charge in [0.1, 0.15) is 0 Å². The predicted molar refractivity (Wildman–Crippen MR) is 222 cm³/mol. The molecule has 0 amide bonds. The van der Waals surface area contributed by atoms with Gasteiger partial charge in [0.2, 0.25) is 5.95 Å². The first-order valence-corrected chi connectivity index (χ1v) is 18.2. The highest BCUT2D eigenvalue weighted by molar-refractivity contribution is 6.23. The second-order valence-corrected chi connectivity index (χ2v) is 13.7. The van der Waals surface area contributed by atoms with Crippen LogP contribution in [0.15, 0.2) is 188 Å². The fourth-order valence-electron chi connectivity index (χ4n) is 8.07. The molecule has 3 heterocycles. The van der Waals surface area contributed by atoms with Crippen LogP contribution >= 0.6 is 0 Å². The SMILES string of the molecule is c1ccc(-c2nc(-c3ccccc3)nc(-n3c4ccccc4c4ccc5c6ccccc6n(-c6cccc(-c7ccc8ccccc8c7)c6)c5c43)n2)cc1. The maximum atomic E-state index is 5.25. The van der Waals surface area contributed by atoms with E-state index in [9.17, 15) is 0 Å². The Labute approximate surface area is 311 Å². The Balaban J connectivity index is 1.25. The average molecular weight is 690 g/mol. The van der Waals surface area contributed by atoms with Crippen molar-refractivity contribution in [2.24, 2.45) is 0 Å². The van der Waals surface area contributed by atoms with Crippen molar-refractivity contribution >= 4 is 54.4 Å². The van der Waals surface area contributed by atoms with Gasteiger partial charge in [0.25, 0.3) is 0 Å². The Morgan fingerprint density at radius 3 is 1.50 bits per heavy atom. The molecular weight excluding hydrogens is 659 g/mol. The number of rotatable bonds is 5. The lowest BCUT2D eigenvalue weighted by atomic mass is 10.0. The number of benzene rings is 8. The number of fused-ring (bicyclic) bond motifs is 8. The molecule has 0 spiro atoms. The number of nitrogens with zero attached hydrogens (tertiary/aromatic N) is 5. The van der Waals surface area contributed by atoms with Gasteiger partial charge in [-0.1, -0.05) is 158 Å². The molecule has 5 heteroatoms. The number of hydrogen-bond donors (Lipinski definition) is 0. The quantitative estimate of drug-likeness (QED) is 0.181. The standard InChI is InChI=1S/C49H31N5/c1-3-15-33(16-4-1)47-50-48(34-17-5-2-6-18-34)52-49(51-47)54-44-25-12-10-23-40(44)42-29-28-41-39-22-9-11-24-43(39)53(45(41)46(42)54)38-21-13-20-36(31-38)37-27-26-32-14-7-8-19-35(32)30-37/h1-31H. The zero-order chi connectivity index (χ0) is 35.6. The van der Waals surface area contributed by atoms with Gasteiger partial charge in [0, 0.05) is 38.4 Å². The van der Waals surface area contributed by atoms with E-state index in [1.807, 2.05) is 36.4 Å². The van der Waals surface area contributed by atoms with Crippen LogP contribution in [0.2, 0.25) is 0 Å². The van der Waals surface area contributed by atoms with Crippen LogP contribution in [0.4, 0.5) is 0 Å². The molecule has 0 aliphatic carbocycles. The summed E-state index contributed by atoms with van der Waals surface area (Å²) in [5, 5.41) is 7.09. The summed E-state index contributed by atoms with van der Waals surface area (Å²) in [7, 11) is 0. The van der Waals surface area contributed by atoms with Crippen LogP contribution in [-0.4, -0.2) is 24.1 Å². The van der Waals surface area contributed by atoms with Gasteiger partial charge in [-0.05, 0) is 52.2 Å². The zero-order valence-electron chi connectivity index (χ0n) is 29.1. The highest BCUT2D eigenvalue weighted by atomic mass is 15.2. The van der Waals surface area contributed by atoms with Crippen molar-refractivity contribution < 1.29 is 0 Å². The molecule has 0 aliphatic heterocycles. The number of hydrogen-bond acceptors (Lipinski definition) is 3. The molecule has 0 atom stereocenters. The Morgan fingerprint density at radius 2 is 0.833 bits per heavy atom. The Kier molecular flexibility index (Phi) is 6.79. The lowest BCUT2D eigenvalue weighted by molar-refractivity contribution is 0.953. The van der Waals surface area contributed by atoms with E-state index in [1.165, 1.54) is 27.1 Å².